The summed E-state index contributed by atoms with van der Waals surface area (Å²) >= 11 is 0. The topological polar surface area (TPSA) is 24.4 Å². The Bertz CT molecular complexity index is 655. The van der Waals surface area contributed by atoms with Gasteiger partial charge in [-0.05, 0) is 24.1 Å². The van der Waals surface area contributed by atoms with E-state index in [4.69, 9.17) is 0 Å². The molecule has 3 rings (SSSR count). The molecular formula is C22H30N3+. The monoisotopic (exact) mass is 336 g/mol. The molecule has 1 fully saturated rings. The zero-order valence-corrected chi connectivity index (χ0v) is 15.3. The fourth-order valence-electron chi connectivity index (χ4n) is 3.59. The Labute approximate surface area is 152 Å². The van der Waals surface area contributed by atoms with E-state index in [0.717, 1.165) is 30.9 Å². The zero-order valence-electron chi connectivity index (χ0n) is 15.3. The maximum Gasteiger partial charge on any atom is 0.104 e. The van der Waals surface area contributed by atoms with Crippen molar-refractivity contribution in [2.24, 2.45) is 4.99 Å². The minimum atomic E-state index is 1.02. The van der Waals surface area contributed by atoms with E-state index >= 15 is 0 Å². The maximum atomic E-state index is 4.59. The minimum absolute atomic E-state index is 1.02. The summed E-state index contributed by atoms with van der Waals surface area (Å²) in [6.07, 6.45) is 4.53. The number of benzene rings is 2. The molecule has 0 amide bonds. The quantitative estimate of drug-likeness (QED) is 0.596. The smallest absolute Gasteiger partial charge is 0.104 e. The van der Waals surface area contributed by atoms with Gasteiger partial charge >= 0.3 is 0 Å². The molecule has 0 saturated carbocycles. The van der Waals surface area contributed by atoms with Crippen LogP contribution in [-0.2, 0) is 6.54 Å². The number of nitrogens with zero attached hydrogens (tertiary/aromatic N) is 2. The molecule has 0 atom stereocenters. The number of unbranched alkanes of at least 4 members (excludes halogenated alkanes) is 1. The van der Waals surface area contributed by atoms with Gasteiger partial charge in [-0.3, -0.25) is 4.99 Å². The van der Waals surface area contributed by atoms with E-state index in [1.807, 2.05) is 24.4 Å². The molecule has 0 radical (unpaired) electrons. The molecule has 2 aromatic rings. The fraction of sp³-hybridized carbons (Fsp3) is 0.409. The molecule has 25 heavy (non-hydrogen) atoms. The van der Waals surface area contributed by atoms with Crippen LogP contribution in [0.4, 0.5) is 5.69 Å². The first-order valence-electron chi connectivity index (χ1n) is 9.54. The first kappa shape index (κ1) is 17.8. The van der Waals surface area contributed by atoms with Crippen molar-refractivity contribution in [1.82, 2.24) is 5.32 Å². The van der Waals surface area contributed by atoms with Crippen LogP contribution in [0.5, 0.6) is 0 Å². The van der Waals surface area contributed by atoms with Gasteiger partial charge in [-0.25, -0.2) is 0 Å². The summed E-state index contributed by atoms with van der Waals surface area (Å²) in [5, 5.41) is 3.51. The van der Waals surface area contributed by atoms with Crippen molar-refractivity contribution in [2.75, 3.05) is 32.7 Å². The molecular weight excluding hydrogens is 306 g/mol. The molecule has 1 heterocycles. The highest BCUT2D eigenvalue weighted by molar-refractivity contribution is 5.81. The van der Waals surface area contributed by atoms with Crippen molar-refractivity contribution >= 4 is 11.9 Å². The van der Waals surface area contributed by atoms with E-state index in [0.29, 0.717) is 0 Å². The Hall–Kier alpha value is -1.97. The van der Waals surface area contributed by atoms with Gasteiger partial charge in [-0.15, -0.1) is 0 Å². The molecule has 1 aliphatic rings. The summed E-state index contributed by atoms with van der Waals surface area (Å²) in [5.41, 5.74) is 3.58. The summed E-state index contributed by atoms with van der Waals surface area (Å²) in [6, 6.07) is 19.1. The second-order valence-corrected chi connectivity index (χ2v) is 7.11. The van der Waals surface area contributed by atoms with Gasteiger partial charge in [-0.1, -0.05) is 55.8 Å². The van der Waals surface area contributed by atoms with Crippen LogP contribution in [0.1, 0.15) is 30.9 Å². The Morgan fingerprint density at radius 3 is 2.40 bits per heavy atom. The van der Waals surface area contributed by atoms with Gasteiger partial charge in [0.1, 0.15) is 6.54 Å². The highest BCUT2D eigenvalue weighted by Crippen LogP contribution is 2.20. The highest BCUT2D eigenvalue weighted by Gasteiger charge is 2.29. The van der Waals surface area contributed by atoms with E-state index in [-0.39, 0.29) is 0 Å². The number of nitrogens with one attached hydrogen (secondary N) is 1. The van der Waals surface area contributed by atoms with Gasteiger partial charge in [-0.2, -0.15) is 0 Å². The Morgan fingerprint density at radius 1 is 1.00 bits per heavy atom. The van der Waals surface area contributed by atoms with Gasteiger partial charge in [0.05, 0.1) is 25.3 Å². The molecule has 1 saturated heterocycles. The fourth-order valence-corrected chi connectivity index (χ4v) is 3.59. The van der Waals surface area contributed by atoms with Crippen LogP contribution in [0.15, 0.2) is 59.6 Å². The van der Waals surface area contributed by atoms with E-state index in [9.17, 15) is 0 Å². The van der Waals surface area contributed by atoms with Crippen LogP contribution in [0, 0.1) is 0 Å². The number of hydrogen-bond acceptors (Lipinski definition) is 2. The lowest BCUT2D eigenvalue weighted by molar-refractivity contribution is -0.942. The summed E-state index contributed by atoms with van der Waals surface area (Å²) in [4.78, 5) is 4.59. The number of piperazine rings is 1. The molecule has 3 heteroatoms. The normalized spacial score (nSPS) is 17.0. The van der Waals surface area contributed by atoms with E-state index in [1.54, 1.807) is 0 Å². The zero-order chi connectivity index (χ0) is 17.4. The maximum absolute atomic E-state index is 4.59. The molecule has 0 aliphatic carbocycles. The third-order valence-corrected chi connectivity index (χ3v) is 5.13. The van der Waals surface area contributed by atoms with Crippen molar-refractivity contribution in [3.8, 4) is 0 Å². The van der Waals surface area contributed by atoms with Crippen molar-refractivity contribution in [3.05, 3.63) is 65.7 Å². The van der Waals surface area contributed by atoms with Crippen molar-refractivity contribution in [1.29, 1.82) is 0 Å². The third kappa shape index (κ3) is 5.25. The largest absolute Gasteiger partial charge is 0.318 e. The van der Waals surface area contributed by atoms with Gasteiger partial charge in [0.2, 0.25) is 0 Å². The summed E-state index contributed by atoms with van der Waals surface area (Å²) in [6.45, 7) is 9.50. The lowest BCUT2D eigenvalue weighted by Gasteiger charge is -2.42. The molecule has 0 bridgehead atoms. The first-order chi connectivity index (χ1) is 12.3. The molecule has 1 N–H and O–H groups in total. The van der Waals surface area contributed by atoms with Crippen LogP contribution < -0.4 is 5.32 Å². The van der Waals surface area contributed by atoms with Crippen molar-refractivity contribution < 1.29 is 4.48 Å². The van der Waals surface area contributed by atoms with Crippen molar-refractivity contribution in [3.63, 3.8) is 0 Å². The summed E-state index contributed by atoms with van der Waals surface area (Å²) in [5.74, 6) is 0. The minimum Gasteiger partial charge on any atom is -0.318 e. The Kier molecular flexibility index (Phi) is 6.37. The molecule has 0 spiro atoms. The number of quaternary nitrogens is 1. The van der Waals surface area contributed by atoms with E-state index in [2.05, 4.69) is 53.6 Å². The van der Waals surface area contributed by atoms with Gasteiger partial charge in [0.25, 0.3) is 0 Å². The van der Waals surface area contributed by atoms with E-state index in [1.165, 1.54) is 42.5 Å². The van der Waals surface area contributed by atoms with Crippen molar-refractivity contribution in [2.45, 2.75) is 26.3 Å². The van der Waals surface area contributed by atoms with Crippen LogP contribution >= 0.6 is 0 Å². The lowest BCUT2D eigenvalue weighted by atomic mass is 10.1. The SMILES string of the molecule is CCCC[N+]1(Cc2ccc(N=Cc3ccccc3)cc2)CCNCC1. The molecule has 1 aliphatic heterocycles. The van der Waals surface area contributed by atoms with Crippen LogP contribution in [0.25, 0.3) is 0 Å². The van der Waals surface area contributed by atoms with Gasteiger partial charge in [0, 0.05) is 24.9 Å². The predicted octanol–water partition coefficient (Wildman–Crippen LogP) is 4.16. The van der Waals surface area contributed by atoms with Crippen LogP contribution in [0.3, 0.4) is 0 Å². The molecule has 132 valence electrons. The van der Waals surface area contributed by atoms with Gasteiger partial charge in [0.15, 0.2) is 0 Å². The lowest BCUT2D eigenvalue weighted by Crippen LogP contribution is -2.58. The number of hydrogen-bond donors (Lipinski definition) is 1. The van der Waals surface area contributed by atoms with Gasteiger partial charge < -0.3 is 9.80 Å². The number of rotatable bonds is 7. The highest BCUT2D eigenvalue weighted by atomic mass is 15.4. The number of aliphatic imine (C=N–C) groups is 1. The molecule has 0 unspecified atom stereocenters. The third-order valence-electron chi connectivity index (χ3n) is 5.13. The standard InChI is InChI=1S/C22H30N3/c1-2-3-15-25(16-13-23-14-17-25)19-21-9-11-22(12-10-21)24-18-20-7-5-4-6-8-20/h4-12,18,23H,2-3,13-17,19H2,1H3/q+1. The van der Waals surface area contributed by atoms with Crippen LogP contribution in [-0.4, -0.2) is 43.4 Å². The van der Waals surface area contributed by atoms with E-state index < -0.39 is 0 Å². The summed E-state index contributed by atoms with van der Waals surface area (Å²) < 4.78 is 1.23. The summed E-state index contributed by atoms with van der Waals surface area (Å²) in [7, 11) is 0. The molecule has 2 aromatic carbocycles. The second-order valence-electron chi connectivity index (χ2n) is 7.11. The Morgan fingerprint density at radius 2 is 1.72 bits per heavy atom. The average molecular weight is 337 g/mol. The average Bonchev–Trinajstić information content (AvgIpc) is 2.67. The first-order valence-corrected chi connectivity index (χ1v) is 9.54. The Balaban J connectivity index is 1.65. The predicted molar refractivity (Wildman–Crippen MR) is 106 cm³/mol. The molecule has 3 nitrogen and oxygen atoms in total. The molecule has 0 aromatic heterocycles. The second kappa shape index (κ2) is 8.93. The van der Waals surface area contributed by atoms with Crippen LogP contribution in [0.2, 0.25) is 0 Å².